The maximum Gasteiger partial charge on any atom is 0.185 e. The summed E-state index contributed by atoms with van der Waals surface area (Å²) in [5, 5.41) is 41.8. The molecule has 0 amide bonds. The lowest BCUT2D eigenvalue weighted by Gasteiger charge is -2.21. The molecule has 0 aliphatic heterocycles. The van der Waals surface area contributed by atoms with Crippen molar-refractivity contribution >= 4 is 11.9 Å². The van der Waals surface area contributed by atoms with Crippen LogP contribution in [-0.4, -0.2) is 92.8 Å². The Bertz CT molecular complexity index is 272. The molecule has 23 heavy (non-hydrogen) atoms. The lowest BCUT2D eigenvalue weighted by Crippen LogP contribution is -2.42. The molecule has 0 saturated carbocycles. The minimum Gasteiger partial charge on any atom is -0.548 e. The average molecular weight is 341 g/mol. The van der Waals surface area contributed by atoms with Crippen LogP contribution in [0, 0.1) is 5.41 Å². The topological polar surface area (TPSA) is 189 Å². The van der Waals surface area contributed by atoms with E-state index in [2.05, 4.69) is 26.5 Å². The van der Waals surface area contributed by atoms with Crippen LogP contribution in [0.4, 0.5) is 0 Å². The Kier molecular flexibility index (Phi) is 26.4. The molecule has 10 heteroatoms. The van der Waals surface area contributed by atoms with E-state index in [4.69, 9.17) is 32.2 Å². The van der Waals surface area contributed by atoms with Crippen molar-refractivity contribution in [2.24, 2.45) is 11.5 Å². The largest absolute Gasteiger partial charge is 0.548 e. The molecule has 10 nitrogen and oxygen atoms in total. The molecule has 0 aromatic rings. The number of carboxylic acid groups (broad SMARTS) is 1. The first-order valence-corrected chi connectivity index (χ1v) is 6.95. The molecule has 0 bridgehead atoms. The molecular weight excluding hydrogens is 306 g/mol. The van der Waals surface area contributed by atoms with E-state index in [1.54, 1.807) is 0 Å². The molecule has 0 saturated heterocycles. The van der Waals surface area contributed by atoms with Gasteiger partial charge in [0, 0.05) is 26.8 Å². The fraction of sp³-hybridized carbons (Fsp3) is 0.846. The van der Waals surface area contributed by atoms with Crippen LogP contribution in [-0.2, 0) is 4.79 Å². The summed E-state index contributed by atoms with van der Waals surface area (Å²) in [6.45, 7) is 1.57. The van der Waals surface area contributed by atoms with Gasteiger partial charge in [0.1, 0.15) is 6.54 Å². The van der Waals surface area contributed by atoms with Crippen LogP contribution in [0.5, 0.6) is 0 Å². The quantitative estimate of drug-likeness (QED) is 0.106. The van der Waals surface area contributed by atoms with E-state index in [0.29, 0.717) is 19.4 Å². The Morgan fingerprint density at radius 1 is 1.26 bits per heavy atom. The van der Waals surface area contributed by atoms with Gasteiger partial charge in [0.05, 0.1) is 33.7 Å². The third-order valence-electron chi connectivity index (χ3n) is 2.08. The number of guanidine groups is 1. The SMILES string of the molecule is CO.CO.C[N+](C)(C)CCO.N=C(N)NCCC[C@H](N)C(=O)[O-]. The van der Waals surface area contributed by atoms with Gasteiger partial charge in [-0.05, 0) is 12.8 Å². The number of nitrogens with zero attached hydrogens (tertiary/aromatic N) is 1. The number of carbonyl (C=O) groups excluding carboxylic acids is 1. The van der Waals surface area contributed by atoms with Crippen molar-refractivity contribution < 1.29 is 29.7 Å². The van der Waals surface area contributed by atoms with Crippen molar-refractivity contribution in [1.82, 2.24) is 5.32 Å². The number of rotatable bonds is 7. The highest BCUT2D eigenvalue weighted by molar-refractivity contribution is 5.74. The number of carbonyl (C=O) groups is 1. The Morgan fingerprint density at radius 3 is 1.91 bits per heavy atom. The molecule has 0 aliphatic rings. The summed E-state index contributed by atoms with van der Waals surface area (Å²) in [6, 6.07) is -0.932. The summed E-state index contributed by atoms with van der Waals surface area (Å²) < 4.78 is 0.844. The van der Waals surface area contributed by atoms with Gasteiger partial charge in [-0.25, -0.2) is 0 Å². The summed E-state index contributed by atoms with van der Waals surface area (Å²) >= 11 is 0. The van der Waals surface area contributed by atoms with Crippen molar-refractivity contribution in [1.29, 1.82) is 5.41 Å². The van der Waals surface area contributed by atoms with E-state index >= 15 is 0 Å². The maximum absolute atomic E-state index is 10.1. The molecule has 0 rings (SSSR count). The van der Waals surface area contributed by atoms with Crippen molar-refractivity contribution in [3.8, 4) is 0 Å². The van der Waals surface area contributed by atoms with E-state index in [-0.39, 0.29) is 12.6 Å². The van der Waals surface area contributed by atoms with Crippen molar-refractivity contribution in [3.05, 3.63) is 0 Å². The van der Waals surface area contributed by atoms with Crippen molar-refractivity contribution in [2.45, 2.75) is 18.9 Å². The molecule has 0 unspecified atom stereocenters. The minimum atomic E-state index is -1.25. The number of likely N-dealkylation sites (N-methyl/N-ethyl adjacent to an activating group) is 1. The second-order valence-electron chi connectivity index (χ2n) is 5.15. The number of nitrogens with two attached hydrogens (primary N) is 2. The van der Waals surface area contributed by atoms with Crippen molar-refractivity contribution in [3.63, 3.8) is 0 Å². The predicted octanol–water partition coefficient (Wildman–Crippen LogP) is -3.77. The number of carboxylic acids is 1. The minimum absolute atomic E-state index is 0.128. The lowest BCUT2D eigenvalue weighted by molar-refractivity contribution is -0.870. The molecule has 142 valence electrons. The maximum atomic E-state index is 10.1. The second kappa shape index (κ2) is 20.5. The van der Waals surface area contributed by atoms with Gasteiger partial charge in [-0.2, -0.15) is 0 Å². The van der Waals surface area contributed by atoms with E-state index in [9.17, 15) is 9.90 Å². The highest BCUT2D eigenvalue weighted by Crippen LogP contribution is 1.91. The van der Waals surface area contributed by atoms with Gasteiger partial charge in [-0.15, -0.1) is 0 Å². The van der Waals surface area contributed by atoms with Gasteiger partial charge in [0.2, 0.25) is 0 Å². The smallest absolute Gasteiger partial charge is 0.185 e. The molecular formula is C13H35N5O5. The Hall–Kier alpha value is -1.46. The van der Waals surface area contributed by atoms with Crippen LogP contribution in [0.15, 0.2) is 0 Å². The van der Waals surface area contributed by atoms with Crippen LogP contribution >= 0.6 is 0 Å². The summed E-state index contributed by atoms with van der Waals surface area (Å²) in [4.78, 5) is 10.1. The molecule has 0 heterocycles. The molecule has 0 radical (unpaired) electrons. The lowest BCUT2D eigenvalue weighted by atomic mass is 10.2. The van der Waals surface area contributed by atoms with Gasteiger partial charge in [-0.1, -0.05) is 0 Å². The zero-order valence-electron chi connectivity index (χ0n) is 14.9. The summed E-state index contributed by atoms with van der Waals surface area (Å²) in [5.41, 5.74) is 10.1. The normalized spacial score (nSPS) is 10.5. The highest BCUT2D eigenvalue weighted by Gasteiger charge is 2.02. The number of hydrogen-bond donors (Lipinski definition) is 7. The van der Waals surface area contributed by atoms with Crippen LogP contribution < -0.4 is 21.9 Å². The molecule has 9 N–H and O–H groups in total. The highest BCUT2D eigenvalue weighted by atomic mass is 16.4. The van der Waals surface area contributed by atoms with Crippen LogP contribution in [0.3, 0.4) is 0 Å². The van der Waals surface area contributed by atoms with Crippen LogP contribution in [0.1, 0.15) is 12.8 Å². The fourth-order valence-electron chi connectivity index (χ4n) is 0.963. The number of quaternary nitrogens is 1. The number of aliphatic hydroxyl groups is 3. The fourth-order valence-corrected chi connectivity index (χ4v) is 0.963. The summed E-state index contributed by atoms with van der Waals surface area (Å²) in [6.07, 6.45) is 0.872. The number of aliphatic carboxylic acids is 1. The van der Waals surface area contributed by atoms with Crippen LogP contribution in [0.2, 0.25) is 0 Å². The second-order valence-corrected chi connectivity index (χ2v) is 5.15. The third-order valence-corrected chi connectivity index (χ3v) is 2.08. The monoisotopic (exact) mass is 341 g/mol. The van der Waals surface area contributed by atoms with Crippen LogP contribution in [0.25, 0.3) is 0 Å². The van der Waals surface area contributed by atoms with Gasteiger partial charge in [0.25, 0.3) is 0 Å². The van der Waals surface area contributed by atoms with E-state index in [1.807, 2.05) is 0 Å². The molecule has 0 aromatic heterocycles. The Labute approximate surface area is 138 Å². The van der Waals surface area contributed by atoms with Gasteiger partial charge in [-0.3, -0.25) is 5.41 Å². The van der Waals surface area contributed by atoms with Gasteiger partial charge >= 0.3 is 0 Å². The van der Waals surface area contributed by atoms with E-state index in [1.165, 1.54) is 0 Å². The van der Waals surface area contributed by atoms with Gasteiger partial charge in [0.15, 0.2) is 5.96 Å². The molecule has 0 aromatic carbocycles. The zero-order chi connectivity index (χ0) is 19.5. The molecule has 0 fully saturated rings. The summed E-state index contributed by atoms with van der Waals surface area (Å²) in [5.74, 6) is -1.38. The predicted molar refractivity (Wildman–Crippen MR) is 88.4 cm³/mol. The first-order chi connectivity index (χ1) is 10.6. The third kappa shape index (κ3) is 38.5. The zero-order valence-corrected chi connectivity index (χ0v) is 14.9. The molecule has 0 spiro atoms. The first-order valence-electron chi connectivity index (χ1n) is 6.95. The number of hydrogen-bond acceptors (Lipinski definition) is 7. The van der Waals surface area contributed by atoms with E-state index in [0.717, 1.165) is 25.2 Å². The Morgan fingerprint density at radius 2 is 1.70 bits per heavy atom. The Balaban J connectivity index is -0.000000140. The summed E-state index contributed by atoms with van der Waals surface area (Å²) in [7, 11) is 8.16. The number of aliphatic hydroxyl groups excluding tert-OH is 3. The first kappa shape index (κ1) is 29.5. The van der Waals surface area contributed by atoms with Crippen molar-refractivity contribution in [2.75, 3.05) is 55.1 Å². The molecule has 1 atom stereocenters. The average Bonchev–Trinajstić information content (AvgIpc) is 2.46. The standard InChI is InChI=1S/C6H14N4O2.C5H14NO.2CH4O/c7-4(5(11)12)2-1-3-10-6(8)9;1-6(2,3)4-5-7;2*1-2/h4H,1-3,7H2,(H,11,12)(H4,8,9,10);7H,4-5H2,1-3H3;2*2H,1H3/q;+1;;/p-1/t4-;;;/m0.../s1. The molecule has 0 aliphatic carbocycles. The van der Waals surface area contributed by atoms with E-state index < -0.39 is 12.0 Å². The number of nitrogens with one attached hydrogen (secondary N) is 2. The van der Waals surface area contributed by atoms with Gasteiger partial charge < -0.3 is 46.5 Å².